The van der Waals surface area contributed by atoms with Crippen molar-refractivity contribution in [2.24, 2.45) is 0 Å². The second-order valence-corrected chi connectivity index (χ2v) is 8.43. The molecule has 1 amide bonds. The first kappa shape index (κ1) is 22.8. The fraction of sp³-hybridized carbons (Fsp3) is 0.696. The molecule has 2 aliphatic heterocycles. The highest BCUT2D eigenvalue weighted by Gasteiger charge is 2.40. The Morgan fingerprint density at radius 2 is 1.83 bits per heavy atom. The molecule has 2 aliphatic rings. The average molecular weight is 421 g/mol. The van der Waals surface area contributed by atoms with Crippen molar-refractivity contribution in [3.63, 3.8) is 0 Å². The first-order valence-corrected chi connectivity index (χ1v) is 11.3. The number of benzene rings is 1. The minimum Gasteiger partial charge on any atom is -0.486 e. The van der Waals surface area contributed by atoms with Crippen LogP contribution in [0.2, 0.25) is 0 Å². The van der Waals surface area contributed by atoms with Crippen LogP contribution in [0.3, 0.4) is 0 Å². The molecule has 1 aromatic carbocycles. The van der Waals surface area contributed by atoms with Crippen LogP contribution in [0.5, 0.6) is 11.5 Å². The zero-order valence-electron chi connectivity index (χ0n) is 18.1. The molecule has 0 radical (unpaired) electrons. The van der Waals surface area contributed by atoms with Gasteiger partial charge in [0.2, 0.25) is 5.91 Å². The molecule has 1 fully saturated rings. The SMILES string of the molecule is CCCCCCCC(=O)N[C@@](O)(CN1CCCC1)[C@H](O)c1ccc2c(c1)OCCO2. The molecule has 2 heterocycles. The molecule has 30 heavy (non-hydrogen) atoms. The van der Waals surface area contributed by atoms with E-state index >= 15 is 0 Å². The van der Waals surface area contributed by atoms with E-state index < -0.39 is 11.8 Å². The normalized spacial score (nSPS) is 19.3. The molecular weight excluding hydrogens is 384 g/mol. The van der Waals surface area contributed by atoms with Crippen molar-refractivity contribution in [1.82, 2.24) is 10.2 Å². The summed E-state index contributed by atoms with van der Waals surface area (Å²) < 4.78 is 11.2. The number of nitrogens with one attached hydrogen (secondary N) is 1. The fourth-order valence-corrected chi connectivity index (χ4v) is 4.17. The zero-order valence-corrected chi connectivity index (χ0v) is 18.1. The lowest BCUT2D eigenvalue weighted by Gasteiger charge is -2.37. The van der Waals surface area contributed by atoms with Gasteiger partial charge in [-0.05, 0) is 50.0 Å². The summed E-state index contributed by atoms with van der Waals surface area (Å²) in [5.41, 5.74) is -1.28. The highest BCUT2D eigenvalue weighted by Crippen LogP contribution is 2.35. The molecule has 7 nitrogen and oxygen atoms in total. The molecule has 0 aromatic heterocycles. The maximum Gasteiger partial charge on any atom is 0.222 e. The van der Waals surface area contributed by atoms with E-state index in [0.29, 0.717) is 36.7 Å². The van der Waals surface area contributed by atoms with Crippen molar-refractivity contribution in [3.8, 4) is 11.5 Å². The predicted octanol–water partition coefficient (Wildman–Crippen LogP) is 2.75. The molecule has 1 saturated heterocycles. The number of hydrogen-bond acceptors (Lipinski definition) is 6. The Bertz CT molecular complexity index is 692. The maximum absolute atomic E-state index is 12.6. The van der Waals surface area contributed by atoms with Gasteiger partial charge < -0.3 is 25.0 Å². The fourth-order valence-electron chi connectivity index (χ4n) is 4.17. The quantitative estimate of drug-likeness (QED) is 0.377. The molecular formula is C23H36N2O5. The van der Waals surface area contributed by atoms with Crippen LogP contribution < -0.4 is 14.8 Å². The van der Waals surface area contributed by atoms with Gasteiger partial charge in [-0.3, -0.25) is 9.69 Å². The summed E-state index contributed by atoms with van der Waals surface area (Å²) in [4.78, 5) is 14.7. The van der Waals surface area contributed by atoms with E-state index in [4.69, 9.17) is 9.47 Å². The molecule has 168 valence electrons. The number of fused-ring (bicyclic) bond motifs is 1. The predicted molar refractivity (Wildman–Crippen MR) is 115 cm³/mol. The first-order valence-electron chi connectivity index (χ1n) is 11.3. The highest BCUT2D eigenvalue weighted by atomic mass is 16.6. The van der Waals surface area contributed by atoms with E-state index in [2.05, 4.69) is 17.1 Å². The molecule has 3 rings (SSSR count). The summed E-state index contributed by atoms with van der Waals surface area (Å²) in [6.45, 7) is 4.97. The van der Waals surface area contributed by atoms with E-state index in [0.717, 1.165) is 51.6 Å². The summed E-state index contributed by atoms with van der Waals surface area (Å²) in [5.74, 6) is 0.935. The van der Waals surface area contributed by atoms with Gasteiger partial charge in [0.25, 0.3) is 0 Å². The van der Waals surface area contributed by atoms with Gasteiger partial charge in [0.05, 0.1) is 0 Å². The van der Waals surface area contributed by atoms with E-state index in [9.17, 15) is 15.0 Å². The van der Waals surface area contributed by atoms with Crippen molar-refractivity contribution in [3.05, 3.63) is 23.8 Å². The number of aliphatic hydroxyl groups is 2. The Morgan fingerprint density at radius 1 is 1.13 bits per heavy atom. The van der Waals surface area contributed by atoms with Crippen LogP contribution in [-0.4, -0.2) is 59.6 Å². The van der Waals surface area contributed by atoms with Crippen molar-refractivity contribution in [2.75, 3.05) is 32.8 Å². The number of likely N-dealkylation sites (tertiary alicyclic amines) is 1. The number of carbonyl (C=O) groups excluding carboxylic acids is 1. The third kappa shape index (κ3) is 6.09. The van der Waals surface area contributed by atoms with Crippen LogP contribution in [0.15, 0.2) is 18.2 Å². The van der Waals surface area contributed by atoms with Crippen molar-refractivity contribution in [1.29, 1.82) is 0 Å². The Kier molecular flexibility index (Phi) is 8.36. The number of β-amino-alcohol motifs (C(OH)–C–C–N with tert-alkyl or cyclic N) is 1. The Hall–Kier alpha value is -1.83. The lowest BCUT2D eigenvalue weighted by molar-refractivity contribution is -0.146. The summed E-state index contributed by atoms with van der Waals surface area (Å²) in [5, 5.41) is 25.3. The Balaban J connectivity index is 1.69. The van der Waals surface area contributed by atoms with Crippen LogP contribution in [0.4, 0.5) is 0 Å². The van der Waals surface area contributed by atoms with Crippen molar-refractivity contribution in [2.45, 2.75) is 70.1 Å². The molecule has 0 spiro atoms. The highest BCUT2D eigenvalue weighted by molar-refractivity contribution is 5.76. The van der Waals surface area contributed by atoms with Gasteiger partial charge in [-0.2, -0.15) is 0 Å². The molecule has 0 unspecified atom stereocenters. The second-order valence-electron chi connectivity index (χ2n) is 8.43. The summed E-state index contributed by atoms with van der Waals surface area (Å²) >= 11 is 0. The summed E-state index contributed by atoms with van der Waals surface area (Å²) in [7, 11) is 0. The van der Waals surface area contributed by atoms with Gasteiger partial charge in [-0.25, -0.2) is 0 Å². The topological polar surface area (TPSA) is 91.3 Å². The monoisotopic (exact) mass is 420 g/mol. The molecule has 1 aromatic rings. The largest absolute Gasteiger partial charge is 0.486 e. The van der Waals surface area contributed by atoms with E-state index in [-0.39, 0.29) is 12.5 Å². The van der Waals surface area contributed by atoms with Crippen LogP contribution in [-0.2, 0) is 4.79 Å². The van der Waals surface area contributed by atoms with Gasteiger partial charge >= 0.3 is 0 Å². The van der Waals surface area contributed by atoms with Crippen LogP contribution in [0.1, 0.15) is 70.0 Å². The molecule has 7 heteroatoms. The average Bonchev–Trinajstić information content (AvgIpc) is 3.25. The third-order valence-corrected chi connectivity index (χ3v) is 5.86. The zero-order chi connectivity index (χ0) is 21.4. The number of rotatable bonds is 11. The van der Waals surface area contributed by atoms with Crippen molar-refractivity contribution < 1.29 is 24.5 Å². The van der Waals surface area contributed by atoms with Crippen LogP contribution in [0.25, 0.3) is 0 Å². The number of unbranched alkanes of at least 4 members (excludes halogenated alkanes) is 4. The minimum absolute atomic E-state index is 0.185. The molecule has 0 saturated carbocycles. The maximum atomic E-state index is 12.6. The van der Waals surface area contributed by atoms with Crippen molar-refractivity contribution >= 4 is 5.91 Å². The van der Waals surface area contributed by atoms with Crippen LogP contribution in [0, 0.1) is 0 Å². The minimum atomic E-state index is -1.77. The van der Waals surface area contributed by atoms with Gasteiger partial charge in [0, 0.05) is 13.0 Å². The number of amides is 1. The van der Waals surface area contributed by atoms with E-state index in [1.807, 2.05) is 0 Å². The Morgan fingerprint density at radius 3 is 2.57 bits per heavy atom. The van der Waals surface area contributed by atoms with Gasteiger partial charge in [0.15, 0.2) is 17.2 Å². The number of ether oxygens (including phenoxy) is 2. The summed E-state index contributed by atoms with van der Waals surface area (Å²) in [6.07, 6.45) is 6.40. The van der Waals surface area contributed by atoms with Gasteiger partial charge in [-0.15, -0.1) is 0 Å². The molecule has 2 atom stereocenters. The standard InChI is InChI=1S/C23H36N2O5/c1-2-3-4-5-6-9-21(26)24-23(28,17-25-12-7-8-13-25)22(27)18-10-11-19-20(16-18)30-15-14-29-19/h10-11,16,22,27-28H,2-9,12-15,17H2,1H3,(H,24,26)/t22-,23-/m1/s1. The second kappa shape index (κ2) is 11.0. The molecule has 0 bridgehead atoms. The first-order chi connectivity index (χ1) is 14.5. The number of hydrogen-bond donors (Lipinski definition) is 3. The van der Waals surface area contributed by atoms with Crippen LogP contribution >= 0.6 is 0 Å². The van der Waals surface area contributed by atoms with Gasteiger partial charge in [0.1, 0.15) is 19.3 Å². The van der Waals surface area contributed by atoms with E-state index in [1.54, 1.807) is 18.2 Å². The number of aliphatic hydroxyl groups excluding tert-OH is 1. The van der Waals surface area contributed by atoms with E-state index in [1.165, 1.54) is 6.42 Å². The summed E-state index contributed by atoms with van der Waals surface area (Å²) in [6, 6.07) is 5.13. The lowest BCUT2D eigenvalue weighted by atomic mass is 9.96. The Labute approximate surface area is 179 Å². The third-order valence-electron chi connectivity index (χ3n) is 5.86. The van der Waals surface area contributed by atoms with Gasteiger partial charge in [-0.1, -0.05) is 38.7 Å². The smallest absolute Gasteiger partial charge is 0.222 e. The lowest BCUT2D eigenvalue weighted by Crippen LogP contribution is -2.59. The number of nitrogens with zero attached hydrogens (tertiary/aromatic N) is 1. The molecule has 0 aliphatic carbocycles. The molecule has 3 N–H and O–H groups in total. The number of carbonyl (C=O) groups is 1.